The number of anilines is 1. The normalized spacial score (nSPS) is 10.3. The molecule has 4 heteroatoms. The smallest absolute Gasteiger partial charge is 0.224 e. The van der Waals surface area contributed by atoms with E-state index in [0.717, 1.165) is 30.1 Å². The summed E-state index contributed by atoms with van der Waals surface area (Å²) in [6, 6.07) is 16.4. The highest BCUT2D eigenvalue weighted by Gasteiger charge is 2.07. The van der Waals surface area contributed by atoms with Crippen LogP contribution in [0.25, 0.3) is 0 Å². The van der Waals surface area contributed by atoms with Gasteiger partial charge in [-0.3, -0.25) is 4.79 Å². The molecule has 0 bridgehead atoms. The predicted molar refractivity (Wildman–Crippen MR) is 98.5 cm³/mol. The van der Waals surface area contributed by atoms with E-state index < -0.39 is 0 Å². The van der Waals surface area contributed by atoms with Crippen LogP contribution in [-0.4, -0.2) is 26.1 Å². The Hall–Kier alpha value is -2.49. The number of nitrogens with zero attached hydrogens (tertiary/aromatic N) is 1. The quantitative estimate of drug-likeness (QED) is 0.808. The first-order valence-corrected chi connectivity index (χ1v) is 8.39. The second-order valence-corrected chi connectivity index (χ2v) is 5.66. The first-order chi connectivity index (χ1) is 11.7. The van der Waals surface area contributed by atoms with Crippen LogP contribution in [0, 0.1) is 0 Å². The number of benzene rings is 2. The van der Waals surface area contributed by atoms with Crippen molar-refractivity contribution in [3.05, 3.63) is 59.7 Å². The highest BCUT2D eigenvalue weighted by Crippen LogP contribution is 2.22. The molecule has 0 aliphatic carbocycles. The third-order valence-corrected chi connectivity index (χ3v) is 3.94. The lowest BCUT2D eigenvalue weighted by atomic mass is 10.1. The highest BCUT2D eigenvalue weighted by molar-refractivity contribution is 5.78. The number of carbonyl (C=O) groups excluding carboxylic acids is 1. The number of carbonyl (C=O) groups is 1. The topological polar surface area (TPSA) is 41.6 Å². The van der Waals surface area contributed by atoms with Crippen molar-refractivity contribution in [2.24, 2.45) is 0 Å². The van der Waals surface area contributed by atoms with Crippen molar-refractivity contribution in [2.75, 3.05) is 25.1 Å². The second-order valence-electron chi connectivity index (χ2n) is 5.66. The van der Waals surface area contributed by atoms with E-state index in [4.69, 9.17) is 4.74 Å². The molecule has 0 spiro atoms. The van der Waals surface area contributed by atoms with Crippen molar-refractivity contribution in [2.45, 2.75) is 26.8 Å². The van der Waals surface area contributed by atoms with Gasteiger partial charge in [0.05, 0.1) is 13.5 Å². The minimum Gasteiger partial charge on any atom is -0.497 e. The van der Waals surface area contributed by atoms with Gasteiger partial charge in [0, 0.05) is 31.4 Å². The molecule has 1 amide bonds. The molecule has 4 nitrogen and oxygen atoms in total. The van der Waals surface area contributed by atoms with Crippen LogP contribution in [0.3, 0.4) is 0 Å². The summed E-state index contributed by atoms with van der Waals surface area (Å²) in [6.45, 7) is 6.48. The highest BCUT2D eigenvalue weighted by atomic mass is 16.5. The Morgan fingerprint density at radius 1 is 1.08 bits per heavy atom. The van der Waals surface area contributed by atoms with Crippen LogP contribution >= 0.6 is 0 Å². The fraction of sp³-hybridized carbons (Fsp3) is 0.350. The zero-order valence-electron chi connectivity index (χ0n) is 14.7. The van der Waals surface area contributed by atoms with Gasteiger partial charge in [-0.05, 0) is 37.1 Å². The molecule has 128 valence electrons. The van der Waals surface area contributed by atoms with Gasteiger partial charge in [-0.25, -0.2) is 0 Å². The summed E-state index contributed by atoms with van der Waals surface area (Å²) in [5.41, 5.74) is 3.40. The molecule has 0 radical (unpaired) electrons. The van der Waals surface area contributed by atoms with Gasteiger partial charge in [0.15, 0.2) is 0 Å². The van der Waals surface area contributed by atoms with E-state index in [2.05, 4.69) is 35.3 Å². The molecule has 1 N–H and O–H groups in total. The van der Waals surface area contributed by atoms with E-state index in [1.807, 2.05) is 37.3 Å². The number of hydrogen-bond donors (Lipinski definition) is 1. The van der Waals surface area contributed by atoms with Crippen LogP contribution < -0.4 is 15.0 Å². The number of likely N-dealkylation sites (N-methyl/N-ethyl adjacent to an activating group) is 1. The van der Waals surface area contributed by atoms with Gasteiger partial charge in [0.25, 0.3) is 0 Å². The van der Waals surface area contributed by atoms with Crippen LogP contribution in [0.5, 0.6) is 5.75 Å². The van der Waals surface area contributed by atoms with Gasteiger partial charge < -0.3 is 15.0 Å². The summed E-state index contributed by atoms with van der Waals surface area (Å²) < 4.78 is 5.31. The summed E-state index contributed by atoms with van der Waals surface area (Å²) in [6.07, 6.45) is 0.432. The maximum Gasteiger partial charge on any atom is 0.224 e. The molecule has 2 rings (SSSR count). The van der Waals surface area contributed by atoms with Gasteiger partial charge in [-0.2, -0.15) is 0 Å². The van der Waals surface area contributed by atoms with Gasteiger partial charge in [-0.15, -0.1) is 0 Å². The van der Waals surface area contributed by atoms with Crippen LogP contribution in [-0.2, 0) is 17.8 Å². The molecule has 0 saturated carbocycles. The lowest BCUT2D eigenvalue weighted by Gasteiger charge is -2.23. The summed E-state index contributed by atoms with van der Waals surface area (Å²) in [5.74, 6) is 0.931. The molecule has 0 atom stereocenters. The van der Waals surface area contributed by atoms with Crippen molar-refractivity contribution in [3.8, 4) is 5.75 Å². The molecule has 0 aliphatic heterocycles. The maximum absolute atomic E-state index is 11.6. The Bertz CT molecular complexity index is 653. The number of amides is 1. The molecule has 0 heterocycles. The maximum atomic E-state index is 11.6. The molecule has 2 aromatic carbocycles. The van der Waals surface area contributed by atoms with Crippen LogP contribution in [0.2, 0.25) is 0 Å². The van der Waals surface area contributed by atoms with E-state index in [9.17, 15) is 4.79 Å². The Morgan fingerprint density at radius 3 is 2.42 bits per heavy atom. The number of nitrogens with one attached hydrogen (secondary N) is 1. The molecule has 0 aromatic heterocycles. The van der Waals surface area contributed by atoms with Gasteiger partial charge in [-0.1, -0.05) is 30.3 Å². The average molecular weight is 326 g/mol. The summed E-state index contributed by atoms with van der Waals surface area (Å²) in [7, 11) is 1.68. The summed E-state index contributed by atoms with van der Waals surface area (Å²) in [4.78, 5) is 13.9. The number of hydrogen-bond acceptors (Lipinski definition) is 3. The molecule has 0 aliphatic rings. The van der Waals surface area contributed by atoms with Crippen molar-refractivity contribution in [1.82, 2.24) is 5.32 Å². The van der Waals surface area contributed by atoms with Crippen LogP contribution in [0.4, 0.5) is 5.69 Å². The average Bonchev–Trinajstić information content (AvgIpc) is 2.61. The van der Waals surface area contributed by atoms with Crippen molar-refractivity contribution in [1.29, 1.82) is 0 Å². The Balaban J connectivity index is 2.04. The standard InChI is InChI=1S/C20H26N2O2/c1-4-21-20(23)13-16-9-11-17(12-10-16)15-22(5-2)18-7-6-8-19(14-18)24-3/h6-12,14H,4-5,13,15H2,1-3H3,(H,21,23). The van der Waals surface area contributed by atoms with E-state index in [-0.39, 0.29) is 5.91 Å². The predicted octanol–water partition coefficient (Wildman–Crippen LogP) is 3.40. The van der Waals surface area contributed by atoms with Crippen LogP contribution in [0.1, 0.15) is 25.0 Å². The summed E-state index contributed by atoms with van der Waals surface area (Å²) in [5, 5.41) is 2.82. The second kappa shape index (κ2) is 8.96. The van der Waals surface area contributed by atoms with Gasteiger partial charge >= 0.3 is 0 Å². The Labute approximate surface area is 144 Å². The van der Waals surface area contributed by atoms with E-state index in [1.54, 1.807) is 7.11 Å². The molecular formula is C20H26N2O2. The van der Waals surface area contributed by atoms with E-state index in [1.165, 1.54) is 5.56 Å². The van der Waals surface area contributed by atoms with Crippen molar-refractivity contribution >= 4 is 11.6 Å². The Morgan fingerprint density at radius 2 is 1.79 bits per heavy atom. The SMILES string of the molecule is CCNC(=O)Cc1ccc(CN(CC)c2cccc(OC)c2)cc1. The van der Waals surface area contributed by atoms with Crippen molar-refractivity contribution < 1.29 is 9.53 Å². The van der Waals surface area contributed by atoms with Crippen molar-refractivity contribution in [3.63, 3.8) is 0 Å². The zero-order chi connectivity index (χ0) is 17.4. The van der Waals surface area contributed by atoms with Gasteiger partial charge in [0.1, 0.15) is 5.75 Å². The number of methoxy groups -OCH3 is 1. The fourth-order valence-corrected chi connectivity index (χ4v) is 2.62. The number of ether oxygens (including phenoxy) is 1. The fourth-order valence-electron chi connectivity index (χ4n) is 2.62. The third kappa shape index (κ3) is 5.01. The Kier molecular flexibility index (Phi) is 6.67. The van der Waals surface area contributed by atoms with E-state index >= 15 is 0 Å². The molecule has 24 heavy (non-hydrogen) atoms. The molecule has 0 fully saturated rings. The first-order valence-electron chi connectivity index (χ1n) is 8.39. The minimum atomic E-state index is 0.0665. The molecular weight excluding hydrogens is 300 g/mol. The third-order valence-electron chi connectivity index (χ3n) is 3.94. The minimum absolute atomic E-state index is 0.0665. The zero-order valence-corrected chi connectivity index (χ0v) is 14.7. The largest absolute Gasteiger partial charge is 0.497 e. The first kappa shape index (κ1) is 17.9. The van der Waals surface area contributed by atoms with E-state index in [0.29, 0.717) is 13.0 Å². The monoisotopic (exact) mass is 326 g/mol. The molecule has 0 saturated heterocycles. The van der Waals surface area contributed by atoms with Crippen LogP contribution in [0.15, 0.2) is 48.5 Å². The lowest BCUT2D eigenvalue weighted by molar-refractivity contribution is -0.120. The lowest BCUT2D eigenvalue weighted by Crippen LogP contribution is -2.24. The summed E-state index contributed by atoms with van der Waals surface area (Å²) >= 11 is 0. The van der Waals surface area contributed by atoms with Gasteiger partial charge in [0.2, 0.25) is 5.91 Å². The molecule has 0 unspecified atom stereocenters. The number of rotatable bonds is 8. The molecule has 2 aromatic rings.